The first-order valence-corrected chi connectivity index (χ1v) is 14.4. The van der Waals surface area contributed by atoms with Gasteiger partial charge in [-0.05, 0) is 12.1 Å². The zero-order chi connectivity index (χ0) is 22.2. The first kappa shape index (κ1) is 22.4. The lowest BCUT2D eigenvalue weighted by Crippen LogP contribution is -2.49. The molecule has 0 spiro atoms. The fourth-order valence-corrected chi connectivity index (χ4v) is 7.88. The highest BCUT2D eigenvalue weighted by Gasteiger charge is 2.27. The minimum Gasteiger partial charge on any atom is -0.273 e. The summed E-state index contributed by atoms with van der Waals surface area (Å²) in [5, 5.41) is 9.04. The summed E-state index contributed by atoms with van der Waals surface area (Å²) in [4.78, 5) is 34.4. The van der Waals surface area contributed by atoms with E-state index in [0.717, 1.165) is 69.6 Å². The van der Waals surface area contributed by atoms with Crippen LogP contribution < -0.4 is 10.0 Å². The molecule has 32 heavy (non-hydrogen) atoms. The summed E-state index contributed by atoms with van der Waals surface area (Å²) < 4.78 is 2.04. The molecule has 0 radical (unpaired) electrons. The summed E-state index contributed by atoms with van der Waals surface area (Å²) in [5.74, 6) is 4.02. The normalized spacial score (nSPS) is 18.3. The lowest BCUT2D eigenvalue weighted by molar-refractivity contribution is -0.120. The van der Waals surface area contributed by atoms with Crippen LogP contribution in [0.1, 0.15) is 13.8 Å². The molecule has 0 atom stereocenters. The second kappa shape index (κ2) is 9.43. The third kappa shape index (κ3) is 4.36. The standard InChI is InChI=1S/C20H24N6O2S4/c1-13(27)25(23-3-7-29-8-4-23)19-21-15-11-16-18(12-17(15)31-19)32-20(22-16)26(14(2)28)24-5-9-30-10-6-24/h11-12H,3-10H2,1-2H3. The van der Waals surface area contributed by atoms with Crippen molar-refractivity contribution in [3.8, 4) is 0 Å². The molecule has 0 N–H and O–H groups in total. The Morgan fingerprint density at radius 1 is 0.750 bits per heavy atom. The number of hydrazine groups is 2. The van der Waals surface area contributed by atoms with Crippen molar-refractivity contribution < 1.29 is 9.59 Å². The zero-order valence-corrected chi connectivity index (χ0v) is 21.2. The van der Waals surface area contributed by atoms with Crippen LogP contribution in [0.15, 0.2) is 12.1 Å². The summed E-state index contributed by atoms with van der Waals surface area (Å²) in [6, 6.07) is 4.06. The molecule has 8 nitrogen and oxygen atoms in total. The predicted molar refractivity (Wildman–Crippen MR) is 137 cm³/mol. The Kier molecular flexibility index (Phi) is 6.59. The fraction of sp³-hybridized carbons (Fsp3) is 0.500. The number of aromatic nitrogens is 2. The smallest absolute Gasteiger partial charge is 0.240 e. The Morgan fingerprint density at radius 3 is 1.53 bits per heavy atom. The molecular weight excluding hydrogens is 485 g/mol. The van der Waals surface area contributed by atoms with Gasteiger partial charge in [0.15, 0.2) is 0 Å². The highest BCUT2D eigenvalue weighted by atomic mass is 32.2. The van der Waals surface area contributed by atoms with Gasteiger partial charge in [-0.2, -0.15) is 23.5 Å². The average Bonchev–Trinajstić information content (AvgIpc) is 3.35. The SMILES string of the molecule is CC(=O)N(c1nc2cc3nc(N(C(C)=O)N4CCSCC4)sc3cc2s1)N1CCSCC1. The molecule has 4 heterocycles. The molecule has 0 aliphatic carbocycles. The van der Waals surface area contributed by atoms with Crippen LogP contribution in [0.25, 0.3) is 20.4 Å². The second-order valence-corrected chi connectivity index (χ2v) is 12.0. The molecule has 170 valence electrons. The summed E-state index contributed by atoms with van der Waals surface area (Å²) in [7, 11) is 0. The van der Waals surface area contributed by atoms with Gasteiger partial charge in [-0.25, -0.2) is 30.0 Å². The van der Waals surface area contributed by atoms with Crippen molar-refractivity contribution in [2.24, 2.45) is 0 Å². The number of nitrogens with zero attached hydrogens (tertiary/aromatic N) is 6. The van der Waals surface area contributed by atoms with Crippen LogP contribution in [-0.2, 0) is 9.59 Å². The molecule has 0 saturated carbocycles. The third-order valence-corrected chi connectivity index (χ3v) is 9.25. The van der Waals surface area contributed by atoms with Crippen LogP contribution in [0, 0.1) is 0 Å². The monoisotopic (exact) mass is 508 g/mol. The fourth-order valence-electron chi connectivity index (χ4n) is 3.92. The highest BCUT2D eigenvalue weighted by molar-refractivity contribution is 7.99. The number of fused-ring (bicyclic) bond motifs is 2. The van der Waals surface area contributed by atoms with Crippen LogP contribution in [0.4, 0.5) is 10.3 Å². The summed E-state index contributed by atoms with van der Waals surface area (Å²) >= 11 is 6.87. The van der Waals surface area contributed by atoms with Gasteiger partial charge in [0, 0.05) is 63.0 Å². The van der Waals surface area contributed by atoms with Crippen LogP contribution in [0.2, 0.25) is 0 Å². The molecule has 2 aliphatic heterocycles. The lowest BCUT2D eigenvalue weighted by Gasteiger charge is -2.34. The molecule has 2 saturated heterocycles. The molecule has 2 aliphatic rings. The Balaban J connectivity index is 1.49. The average molecular weight is 509 g/mol. The first-order chi connectivity index (χ1) is 15.5. The van der Waals surface area contributed by atoms with Gasteiger partial charge in [-0.1, -0.05) is 22.7 Å². The largest absolute Gasteiger partial charge is 0.273 e. The number of anilines is 2. The van der Waals surface area contributed by atoms with Gasteiger partial charge in [-0.3, -0.25) is 9.59 Å². The Morgan fingerprint density at radius 2 is 1.16 bits per heavy atom. The van der Waals surface area contributed by atoms with Gasteiger partial charge < -0.3 is 0 Å². The van der Waals surface area contributed by atoms with Crippen molar-refractivity contribution in [3.05, 3.63) is 12.1 Å². The van der Waals surface area contributed by atoms with Gasteiger partial charge >= 0.3 is 0 Å². The topological polar surface area (TPSA) is 72.9 Å². The number of hydrogen-bond donors (Lipinski definition) is 0. The summed E-state index contributed by atoms with van der Waals surface area (Å²) in [5.41, 5.74) is 1.66. The molecule has 2 amide bonds. The van der Waals surface area contributed by atoms with E-state index in [4.69, 9.17) is 9.97 Å². The highest BCUT2D eigenvalue weighted by Crippen LogP contribution is 2.37. The van der Waals surface area contributed by atoms with E-state index in [9.17, 15) is 9.59 Å². The number of carbonyl (C=O) groups excluding carboxylic acids is 2. The maximum atomic E-state index is 12.4. The van der Waals surface area contributed by atoms with Gasteiger partial charge in [-0.15, -0.1) is 0 Å². The summed E-state index contributed by atoms with van der Waals surface area (Å²) in [6.07, 6.45) is 0. The minimum absolute atomic E-state index is 0.0185. The van der Waals surface area contributed by atoms with E-state index >= 15 is 0 Å². The Bertz CT molecular complexity index is 1020. The van der Waals surface area contributed by atoms with E-state index in [1.165, 1.54) is 22.7 Å². The maximum absolute atomic E-state index is 12.4. The van der Waals surface area contributed by atoms with E-state index in [2.05, 4.69) is 16.1 Å². The molecule has 2 aromatic heterocycles. The second-order valence-electron chi connectivity index (χ2n) is 7.57. The number of carbonyl (C=O) groups is 2. The van der Waals surface area contributed by atoms with Gasteiger partial charge in [0.1, 0.15) is 0 Å². The van der Waals surface area contributed by atoms with E-state index in [0.29, 0.717) is 10.3 Å². The predicted octanol–water partition coefficient (Wildman–Crippen LogP) is 3.54. The van der Waals surface area contributed by atoms with Gasteiger partial charge in [0.2, 0.25) is 22.1 Å². The van der Waals surface area contributed by atoms with E-state index in [1.54, 1.807) is 23.9 Å². The van der Waals surface area contributed by atoms with Crippen molar-refractivity contribution in [2.75, 3.05) is 59.2 Å². The van der Waals surface area contributed by atoms with E-state index < -0.39 is 0 Å². The van der Waals surface area contributed by atoms with Crippen molar-refractivity contribution in [1.82, 2.24) is 20.0 Å². The number of thioether (sulfide) groups is 2. The molecule has 12 heteroatoms. The lowest BCUT2D eigenvalue weighted by atomic mass is 10.3. The van der Waals surface area contributed by atoms with Crippen LogP contribution >= 0.6 is 46.2 Å². The minimum atomic E-state index is -0.0185. The molecule has 1 aromatic carbocycles. The maximum Gasteiger partial charge on any atom is 0.240 e. The van der Waals surface area contributed by atoms with Gasteiger partial charge in [0.25, 0.3) is 0 Å². The van der Waals surface area contributed by atoms with Gasteiger partial charge in [0.05, 0.1) is 20.4 Å². The van der Waals surface area contributed by atoms with E-state index in [1.807, 2.05) is 29.6 Å². The number of benzene rings is 1. The van der Waals surface area contributed by atoms with Crippen LogP contribution in [0.3, 0.4) is 0 Å². The molecule has 3 aromatic rings. The van der Waals surface area contributed by atoms with Crippen molar-refractivity contribution in [2.45, 2.75) is 13.8 Å². The number of hydrogen-bond acceptors (Lipinski definition) is 10. The number of rotatable bonds is 4. The Labute approximate surface area is 202 Å². The number of amides is 2. The van der Waals surface area contributed by atoms with Crippen LogP contribution in [-0.4, -0.2) is 81.0 Å². The van der Waals surface area contributed by atoms with Crippen molar-refractivity contribution >= 4 is 88.7 Å². The zero-order valence-electron chi connectivity index (χ0n) is 17.9. The third-order valence-electron chi connectivity index (χ3n) is 5.37. The van der Waals surface area contributed by atoms with Crippen molar-refractivity contribution in [1.29, 1.82) is 0 Å². The number of thiazole rings is 2. The quantitative estimate of drug-likeness (QED) is 0.530. The Hall–Kier alpha value is -1.44. The molecule has 2 fully saturated rings. The molecule has 0 unspecified atom stereocenters. The van der Waals surface area contributed by atoms with Crippen LogP contribution in [0.5, 0.6) is 0 Å². The van der Waals surface area contributed by atoms with E-state index in [-0.39, 0.29) is 11.8 Å². The molecule has 0 bridgehead atoms. The molecular formula is C20H24N6O2S4. The first-order valence-electron chi connectivity index (χ1n) is 10.5. The molecule has 5 rings (SSSR count). The van der Waals surface area contributed by atoms with Crippen molar-refractivity contribution in [3.63, 3.8) is 0 Å². The summed E-state index contributed by atoms with van der Waals surface area (Å²) in [6.45, 7) is 6.56.